The maximum Gasteiger partial charge on any atom is 0.0643 e. The molecule has 12 heavy (non-hydrogen) atoms. The molecule has 2 fully saturated rings. The van der Waals surface area contributed by atoms with Gasteiger partial charge in [-0.05, 0) is 18.8 Å². The lowest BCUT2D eigenvalue weighted by atomic mass is 9.99. The fourth-order valence-electron chi connectivity index (χ4n) is 2.38. The van der Waals surface area contributed by atoms with Gasteiger partial charge in [-0.15, -0.1) is 0 Å². The zero-order valence-corrected chi connectivity index (χ0v) is 7.88. The molecule has 2 aliphatic rings. The van der Waals surface area contributed by atoms with Crippen LogP contribution in [0.3, 0.4) is 0 Å². The summed E-state index contributed by atoms with van der Waals surface area (Å²) < 4.78 is 5.15. The van der Waals surface area contributed by atoms with E-state index in [1.807, 2.05) is 0 Å². The number of ether oxygens (including phenoxy) is 1. The van der Waals surface area contributed by atoms with Crippen LogP contribution in [-0.4, -0.2) is 25.3 Å². The molecule has 2 nitrogen and oxygen atoms in total. The van der Waals surface area contributed by atoms with Crippen molar-refractivity contribution in [3.05, 3.63) is 0 Å². The first-order valence-corrected chi connectivity index (χ1v) is 5.24. The van der Waals surface area contributed by atoms with E-state index >= 15 is 0 Å². The van der Waals surface area contributed by atoms with Gasteiger partial charge in [-0.25, -0.2) is 0 Å². The predicted octanol–water partition coefficient (Wildman–Crippen LogP) is 1.55. The predicted molar refractivity (Wildman–Crippen MR) is 49.2 cm³/mol. The minimum absolute atomic E-state index is 0.669. The molecular formula is C10H19NO. The summed E-state index contributed by atoms with van der Waals surface area (Å²) in [5.41, 5.74) is 0. The van der Waals surface area contributed by atoms with Crippen LogP contribution in [0.5, 0.6) is 0 Å². The number of nitrogens with one attached hydrogen (secondary N) is 1. The second-order valence-electron chi connectivity index (χ2n) is 4.11. The minimum atomic E-state index is 0.669. The summed E-state index contributed by atoms with van der Waals surface area (Å²) in [6.45, 7) is 4.18. The minimum Gasteiger partial charge on any atom is -0.378 e. The van der Waals surface area contributed by atoms with Gasteiger partial charge in [0.1, 0.15) is 0 Å². The molecule has 2 heteroatoms. The van der Waals surface area contributed by atoms with Crippen molar-refractivity contribution >= 4 is 0 Å². The molecule has 1 heterocycles. The molecule has 2 rings (SSSR count). The summed E-state index contributed by atoms with van der Waals surface area (Å²) in [6.07, 6.45) is 5.58. The Morgan fingerprint density at radius 2 is 2.17 bits per heavy atom. The SMILES string of the molecule is CCC1CCCC1NC1COC1. The van der Waals surface area contributed by atoms with Crippen LogP contribution in [0.25, 0.3) is 0 Å². The molecule has 0 aromatic carbocycles. The first-order chi connectivity index (χ1) is 5.90. The average Bonchev–Trinajstić information content (AvgIpc) is 2.43. The molecule has 1 aliphatic carbocycles. The van der Waals surface area contributed by atoms with Gasteiger partial charge in [-0.1, -0.05) is 19.8 Å². The molecule has 0 bridgehead atoms. The van der Waals surface area contributed by atoms with Crippen LogP contribution in [0, 0.1) is 5.92 Å². The molecule has 0 amide bonds. The zero-order chi connectivity index (χ0) is 8.39. The van der Waals surface area contributed by atoms with Crippen molar-refractivity contribution in [1.29, 1.82) is 0 Å². The topological polar surface area (TPSA) is 21.3 Å². The van der Waals surface area contributed by atoms with E-state index in [-0.39, 0.29) is 0 Å². The van der Waals surface area contributed by atoms with Crippen LogP contribution < -0.4 is 5.32 Å². The molecule has 0 aromatic heterocycles. The van der Waals surface area contributed by atoms with Crippen molar-refractivity contribution < 1.29 is 4.74 Å². The maximum absolute atomic E-state index is 5.15. The van der Waals surface area contributed by atoms with E-state index in [1.165, 1.54) is 25.7 Å². The molecule has 2 atom stereocenters. The number of hydrogen-bond acceptors (Lipinski definition) is 2. The summed E-state index contributed by atoms with van der Waals surface area (Å²) in [5, 5.41) is 3.69. The van der Waals surface area contributed by atoms with Crippen LogP contribution in [0.1, 0.15) is 32.6 Å². The van der Waals surface area contributed by atoms with E-state index in [0.29, 0.717) is 6.04 Å². The summed E-state index contributed by atoms with van der Waals surface area (Å²) >= 11 is 0. The Bertz CT molecular complexity index is 145. The molecule has 0 aromatic rings. The second kappa shape index (κ2) is 3.75. The van der Waals surface area contributed by atoms with Crippen LogP contribution >= 0.6 is 0 Å². The molecule has 1 saturated heterocycles. The van der Waals surface area contributed by atoms with Gasteiger partial charge in [0.2, 0.25) is 0 Å². The van der Waals surface area contributed by atoms with Gasteiger partial charge in [0.25, 0.3) is 0 Å². The standard InChI is InChI=1S/C10H19NO/c1-2-8-4-3-5-10(8)11-9-6-12-7-9/h8-11H,2-7H2,1H3. The molecule has 2 unspecified atom stereocenters. The summed E-state index contributed by atoms with van der Waals surface area (Å²) in [6, 6.07) is 1.46. The van der Waals surface area contributed by atoms with Gasteiger partial charge in [-0.3, -0.25) is 0 Å². The highest BCUT2D eigenvalue weighted by Gasteiger charge is 2.29. The molecule has 70 valence electrons. The lowest BCUT2D eigenvalue weighted by Gasteiger charge is -2.32. The first-order valence-electron chi connectivity index (χ1n) is 5.24. The smallest absolute Gasteiger partial charge is 0.0643 e. The van der Waals surface area contributed by atoms with E-state index in [2.05, 4.69) is 12.2 Å². The Morgan fingerprint density at radius 1 is 1.33 bits per heavy atom. The van der Waals surface area contributed by atoms with E-state index in [4.69, 9.17) is 4.74 Å². The third-order valence-corrected chi connectivity index (χ3v) is 3.27. The highest BCUT2D eigenvalue weighted by atomic mass is 16.5. The third kappa shape index (κ3) is 1.64. The Kier molecular flexibility index (Phi) is 2.66. The lowest BCUT2D eigenvalue weighted by Crippen LogP contribution is -2.51. The molecule has 0 radical (unpaired) electrons. The van der Waals surface area contributed by atoms with Crippen molar-refractivity contribution in [2.45, 2.75) is 44.7 Å². The number of hydrogen-bond donors (Lipinski definition) is 1. The van der Waals surface area contributed by atoms with Gasteiger partial charge in [0.15, 0.2) is 0 Å². The normalized spacial score (nSPS) is 36.8. The van der Waals surface area contributed by atoms with Crippen LogP contribution in [0.4, 0.5) is 0 Å². The summed E-state index contributed by atoms with van der Waals surface area (Å²) in [7, 11) is 0. The van der Waals surface area contributed by atoms with E-state index < -0.39 is 0 Å². The van der Waals surface area contributed by atoms with Crippen molar-refractivity contribution in [2.24, 2.45) is 5.92 Å². The Morgan fingerprint density at radius 3 is 2.75 bits per heavy atom. The van der Waals surface area contributed by atoms with Crippen molar-refractivity contribution in [1.82, 2.24) is 5.32 Å². The largest absolute Gasteiger partial charge is 0.378 e. The van der Waals surface area contributed by atoms with Gasteiger partial charge in [0.05, 0.1) is 19.3 Å². The lowest BCUT2D eigenvalue weighted by molar-refractivity contribution is -0.0120. The van der Waals surface area contributed by atoms with Gasteiger partial charge >= 0.3 is 0 Å². The molecule has 1 N–H and O–H groups in total. The highest BCUT2D eigenvalue weighted by Crippen LogP contribution is 2.28. The summed E-state index contributed by atoms with van der Waals surface area (Å²) in [4.78, 5) is 0. The maximum atomic E-state index is 5.15. The molecule has 0 spiro atoms. The second-order valence-corrected chi connectivity index (χ2v) is 4.11. The van der Waals surface area contributed by atoms with Gasteiger partial charge in [0, 0.05) is 6.04 Å². The fourth-order valence-corrected chi connectivity index (χ4v) is 2.38. The van der Waals surface area contributed by atoms with E-state index in [1.54, 1.807) is 0 Å². The van der Waals surface area contributed by atoms with E-state index in [9.17, 15) is 0 Å². The molecular weight excluding hydrogens is 150 g/mol. The molecule has 1 aliphatic heterocycles. The Labute approximate surface area is 74.7 Å². The van der Waals surface area contributed by atoms with Crippen LogP contribution in [0.15, 0.2) is 0 Å². The Balaban J connectivity index is 1.77. The van der Waals surface area contributed by atoms with Gasteiger partial charge in [-0.2, -0.15) is 0 Å². The van der Waals surface area contributed by atoms with E-state index in [0.717, 1.165) is 25.2 Å². The van der Waals surface area contributed by atoms with Crippen molar-refractivity contribution in [2.75, 3.05) is 13.2 Å². The van der Waals surface area contributed by atoms with Crippen LogP contribution in [0.2, 0.25) is 0 Å². The van der Waals surface area contributed by atoms with Crippen molar-refractivity contribution in [3.63, 3.8) is 0 Å². The average molecular weight is 169 g/mol. The van der Waals surface area contributed by atoms with Crippen LogP contribution in [-0.2, 0) is 4.74 Å². The third-order valence-electron chi connectivity index (χ3n) is 3.27. The monoisotopic (exact) mass is 169 g/mol. The molecule has 1 saturated carbocycles. The Hall–Kier alpha value is -0.0800. The van der Waals surface area contributed by atoms with Gasteiger partial charge < -0.3 is 10.1 Å². The fraction of sp³-hybridized carbons (Fsp3) is 1.00. The first kappa shape index (κ1) is 8.52. The highest BCUT2D eigenvalue weighted by molar-refractivity contribution is 4.86. The summed E-state index contributed by atoms with van der Waals surface area (Å²) in [5.74, 6) is 0.936. The van der Waals surface area contributed by atoms with Crippen molar-refractivity contribution in [3.8, 4) is 0 Å². The number of rotatable bonds is 3. The quantitative estimate of drug-likeness (QED) is 0.692. The zero-order valence-electron chi connectivity index (χ0n) is 7.88.